The summed E-state index contributed by atoms with van der Waals surface area (Å²) in [6.07, 6.45) is 2.78. The molecule has 0 spiro atoms. The lowest BCUT2D eigenvalue weighted by Gasteiger charge is -2.08. The van der Waals surface area contributed by atoms with Crippen molar-refractivity contribution in [1.29, 1.82) is 0 Å². The van der Waals surface area contributed by atoms with Gasteiger partial charge in [0.1, 0.15) is 0 Å². The number of rotatable bonds is 7. The van der Waals surface area contributed by atoms with Crippen molar-refractivity contribution >= 4 is 12.0 Å². The van der Waals surface area contributed by atoms with Gasteiger partial charge in [0, 0.05) is 32.8 Å². The third kappa shape index (κ3) is 5.87. The van der Waals surface area contributed by atoms with E-state index in [-0.39, 0.29) is 19.0 Å². The Morgan fingerprint density at radius 2 is 2.11 bits per heavy atom. The molecule has 0 radical (unpaired) electrons. The quantitative estimate of drug-likeness (QED) is 0.512. The Morgan fingerprint density at radius 1 is 1.42 bits per heavy atom. The van der Waals surface area contributed by atoms with Gasteiger partial charge in [-0.05, 0) is 12.0 Å². The van der Waals surface area contributed by atoms with E-state index in [2.05, 4.69) is 15.7 Å². The molecule has 0 saturated heterocycles. The Kier molecular flexibility index (Phi) is 5.80. The second-order valence-corrected chi connectivity index (χ2v) is 4.10. The Morgan fingerprint density at radius 3 is 2.68 bits per heavy atom. The lowest BCUT2D eigenvalue weighted by Crippen LogP contribution is -2.38. The van der Waals surface area contributed by atoms with Crippen molar-refractivity contribution in [2.24, 2.45) is 7.05 Å². The maximum absolute atomic E-state index is 11.3. The summed E-state index contributed by atoms with van der Waals surface area (Å²) in [6, 6.07) is -0.388. The summed E-state index contributed by atoms with van der Waals surface area (Å²) in [5.74, 6) is -1.29. The fraction of sp³-hybridized carbons (Fsp3) is 0.545. The monoisotopic (exact) mass is 270 g/mol. The summed E-state index contributed by atoms with van der Waals surface area (Å²) in [5.41, 5.74) is 1.02. The van der Waals surface area contributed by atoms with E-state index in [9.17, 15) is 9.59 Å². The Labute approximate surface area is 110 Å². The maximum Gasteiger partial charge on any atom is 0.332 e. The standard InChI is InChI=1S/C11H18N4O4/c1-15-7-8(6-14-15)2-4-12-11(19)13-5-3-9(16)10(17)18/h6-7,9,16H,2-5H2,1H3,(H,17,18)(H2,12,13,19). The van der Waals surface area contributed by atoms with Crippen LogP contribution in [0, 0.1) is 0 Å². The van der Waals surface area contributed by atoms with Crippen LogP contribution in [0.5, 0.6) is 0 Å². The molecule has 1 heterocycles. The van der Waals surface area contributed by atoms with Crippen LogP contribution in [0.15, 0.2) is 12.4 Å². The third-order valence-corrected chi connectivity index (χ3v) is 2.45. The number of aliphatic hydroxyl groups is 1. The van der Waals surface area contributed by atoms with Crippen LogP contribution in [0.1, 0.15) is 12.0 Å². The number of nitrogens with zero attached hydrogens (tertiary/aromatic N) is 2. The topological polar surface area (TPSA) is 116 Å². The largest absolute Gasteiger partial charge is 0.479 e. The van der Waals surface area contributed by atoms with Gasteiger partial charge in [0.2, 0.25) is 0 Å². The zero-order chi connectivity index (χ0) is 14.3. The molecule has 0 fully saturated rings. The van der Waals surface area contributed by atoms with Crippen LogP contribution in [0.4, 0.5) is 4.79 Å². The highest BCUT2D eigenvalue weighted by Gasteiger charge is 2.12. The van der Waals surface area contributed by atoms with Gasteiger partial charge in [-0.1, -0.05) is 0 Å². The van der Waals surface area contributed by atoms with E-state index in [1.165, 1.54) is 0 Å². The molecule has 1 aromatic heterocycles. The Bertz CT molecular complexity index is 432. The number of urea groups is 1. The summed E-state index contributed by atoms with van der Waals surface area (Å²) in [5, 5.41) is 26.5. The summed E-state index contributed by atoms with van der Waals surface area (Å²) in [6.45, 7) is 0.561. The van der Waals surface area contributed by atoms with Crippen LogP contribution in [0.25, 0.3) is 0 Å². The van der Waals surface area contributed by atoms with E-state index in [1.807, 2.05) is 13.2 Å². The van der Waals surface area contributed by atoms with E-state index in [1.54, 1.807) is 10.9 Å². The van der Waals surface area contributed by atoms with Crippen LogP contribution in [-0.2, 0) is 18.3 Å². The molecular formula is C11H18N4O4. The molecule has 0 aliphatic rings. The van der Waals surface area contributed by atoms with Crippen molar-refractivity contribution in [2.45, 2.75) is 18.9 Å². The maximum atomic E-state index is 11.3. The Hall–Kier alpha value is -2.09. The van der Waals surface area contributed by atoms with E-state index < -0.39 is 12.1 Å². The third-order valence-electron chi connectivity index (χ3n) is 2.45. The summed E-state index contributed by atoms with van der Waals surface area (Å²) >= 11 is 0. The lowest BCUT2D eigenvalue weighted by atomic mass is 10.2. The zero-order valence-electron chi connectivity index (χ0n) is 10.7. The van der Waals surface area contributed by atoms with Crippen molar-refractivity contribution < 1.29 is 19.8 Å². The van der Waals surface area contributed by atoms with Crippen LogP contribution < -0.4 is 10.6 Å². The number of amides is 2. The van der Waals surface area contributed by atoms with Gasteiger partial charge in [0.25, 0.3) is 0 Å². The number of aliphatic hydroxyl groups excluding tert-OH is 1. The van der Waals surface area contributed by atoms with E-state index in [0.717, 1.165) is 5.56 Å². The number of carboxylic acid groups (broad SMARTS) is 1. The fourth-order valence-electron chi connectivity index (χ4n) is 1.43. The highest BCUT2D eigenvalue weighted by molar-refractivity contribution is 5.74. The predicted molar refractivity (Wildman–Crippen MR) is 66.6 cm³/mol. The number of aromatic nitrogens is 2. The van der Waals surface area contributed by atoms with Gasteiger partial charge in [0.15, 0.2) is 6.10 Å². The molecular weight excluding hydrogens is 252 g/mol. The minimum Gasteiger partial charge on any atom is -0.479 e. The first kappa shape index (κ1) is 15.0. The highest BCUT2D eigenvalue weighted by atomic mass is 16.4. The molecule has 1 rings (SSSR count). The smallest absolute Gasteiger partial charge is 0.332 e. The van der Waals surface area contributed by atoms with Gasteiger partial charge in [-0.25, -0.2) is 9.59 Å². The van der Waals surface area contributed by atoms with E-state index in [4.69, 9.17) is 10.2 Å². The average Bonchev–Trinajstić information content (AvgIpc) is 2.74. The molecule has 1 aromatic rings. The lowest BCUT2D eigenvalue weighted by molar-refractivity contribution is -0.146. The molecule has 1 atom stereocenters. The molecule has 8 heteroatoms. The van der Waals surface area contributed by atoms with Crippen molar-refractivity contribution in [3.05, 3.63) is 18.0 Å². The highest BCUT2D eigenvalue weighted by Crippen LogP contribution is 1.95. The molecule has 106 valence electrons. The van der Waals surface area contributed by atoms with Crippen LogP contribution >= 0.6 is 0 Å². The summed E-state index contributed by atoms with van der Waals surface area (Å²) < 4.78 is 1.68. The second-order valence-electron chi connectivity index (χ2n) is 4.10. The SMILES string of the molecule is Cn1cc(CCNC(=O)NCCC(O)C(=O)O)cn1. The number of hydrogen-bond donors (Lipinski definition) is 4. The summed E-state index contributed by atoms with van der Waals surface area (Å²) in [4.78, 5) is 21.6. The minimum absolute atomic E-state index is 0.0225. The molecule has 8 nitrogen and oxygen atoms in total. The van der Waals surface area contributed by atoms with Crippen molar-refractivity contribution in [3.8, 4) is 0 Å². The molecule has 4 N–H and O–H groups in total. The number of nitrogens with one attached hydrogen (secondary N) is 2. The van der Waals surface area contributed by atoms with Crippen molar-refractivity contribution in [2.75, 3.05) is 13.1 Å². The number of aryl methyl sites for hydroxylation is 1. The number of carbonyl (C=O) groups excluding carboxylic acids is 1. The number of carbonyl (C=O) groups is 2. The number of hydrogen-bond acceptors (Lipinski definition) is 4. The number of aliphatic carboxylic acids is 1. The molecule has 1 unspecified atom stereocenters. The zero-order valence-corrected chi connectivity index (χ0v) is 10.7. The Balaban J connectivity index is 2.10. The molecule has 0 saturated carbocycles. The van der Waals surface area contributed by atoms with Gasteiger partial charge in [-0.3, -0.25) is 4.68 Å². The van der Waals surface area contributed by atoms with Crippen molar-refractivity contribution in [1.82, 2.24) is 20.4 Å². The molecule has 0 aliphatic heterocycles. The van der Waals surface area contributed by atoms with Crippen LogP contribution in [0.3, 0.4) is 0 Å². The fourth-order valence-corrected chi connectivity index (χ4v) is 1.43. The molecule has 19 heavy (non-hydrogen) atoms. The first-order valence-electron chi connectivity index (χ1n) is 5.89. The molecule has 2 amide bonds. The van der Waals surface area contributed by atoms with Crippen LogP contribution in [0.2, 0.25) is 0 Å². The molecule has 0 aliphatic carbocycles. The van der Waals surface area contributed by atoms with Gasteiger partial charge >= 0.3 is 12.0 Å². The normalized spacial score (nSPS) is 11.9. The first-order chi connectivity index (χ1) is 8.99. The van der Waals surface area contributed by atoms with Gasteiger partial charge in [0.05, 0.1) is 6.20 Å². The van der Waals surface area contributed by atoms with Gasteiger partial charge in [-0.15, -0.1) is 0 Å². The minimum atomic E-state index is -1.45. The van der Waals surface area contributed by atoms with Crippen molar-refractivity contribution in [3.63, 3.8) is 0 Å². The van der Waals surface area contributed by atoms with Gasteiger partial charge < -0.3 is 20.8 Å². The molecule has 0 aromatic carbocycles. The summed E-state index contributed by atoms with van der Waals surface area (Å²) in [7, 11) is 1.82. The second kappa shape index (κ2) is 7.37. The van der Waals surface area contributed by atoms with E-state index in [0.29, 0.717) is 13.0 Å². The van der Waals surface area contributed by atoms with E-state index >= 15 is 0 Å². The van der Waals surface area contributed by atoms with Gasteiger partial charge in [-0.2, -0.15) is 5.10 Å². The average molecular weight is 270 g/mol. The van der Waals surface area contributed by atoms with Crippen LogP contribution in [-0.4, -0.2) is 51.2 Å². The first-order valence-corrected chi connectivity index (χ1v) is 5.89. The molecule has 0 bridgehead atoms. The number of carboxylic acids is 1. The predicted octanol–water partition coefficient (Wildman–Crippen LogP) is -0.903.